The summed E-state index contributed by atoms with van der Waals surface area (Å²) in [7, 11) is 4.05. The minimum Gasteiger partial charge on any atom is -0.353 e. The number of anilines is 1. The quantitative estimate of drug-likeness (QED) is 0.853. The Bertz CT molecular complexity index is 528. The van der Waals surface area contributed by atoms with Crippen molar-refractivity contribution in [2.45, 2.75) is 0 Å². The summed E-state index contributed by atoms with van der Waals surface area (Å²) < 4.78 is 0. The van der Waals surface area contributed by atoms with Crippen molar-refractivity contribution in [2.24, 2.45) is 0 Å². The maximum atomic E-state index is 6.04. The Balaban J connectivity index is 2.16. The molecule has 1 aromatic carbocycles. The van der Waals surface area contributed by atoms with Crippen LogP contribution in [0.2, 0.25) is 5.15 Å². The monoisotopic (exact) mass is 276 g/mol. The molecule has 4 nitrogen and oxygen atoms in total. The first kappa shape index (κ1) is 13.8. The molecule has 0 aliphatic carbocycles. The smallest absolute Gasteiger partial charge is 0.224 e. The Labute approximate surface area is 118 Å². The maximum Gasteiger partial charge on any atom is 0.224 e. The van der Waals surface area contributed by atoms with E-state index in [0.717, 1.165) is 24.3 Å². The van der Waals surface area contributed by atoms with E-state index in [1.807, 2.05) is 44.4 Å². The number of nitrogens with zero attached hydrogens (tertiary/aromatic N) is 3. The molecular formula is C14H17ClN4. The number of halogens is 1. The van der Waals surface area contributed by atoms with Gasteiger partial charge < -0.3 is 10.2 Å². The Hall–Kier alpha value is -1.65. The molecule has 0 atom stereocenters. The summed E-state index contributed by atoms with van der Waals surface area (Å²) in [6, 6.07) is 11.7. The van der Waals surface area contributed by atoms with Crippen molar-refractivity contribution in [1.29, 1.82) is 0 Å². The van der Waals surface area contributed by atoms with E-state index in [1.165, 1.54) is 0 Å². The third-order valence-electron chi connectivity index (χ3n) is 2.61. The van der Waals surface area contributed by atoms with Gasteiger partial charge >= 0.3 is 0 Å². The van der Waals surface area contributed by atoms with Gasteiger partial charge in [0.2, 0.25) is 5.95 Å². The molecule has 0 saturated carbocycles. The van der Waals surface area contributed by atoms with E-state index in [1.54, 1.807) is 6.07 Å². The van der Waals surface area contributed by atoms with Gasteiger partial charge in [-0.05, 0) is 14.1 Å². The highest BCUT2D eigenvalue weighted by Crippen LogP contribution is 2.20. The van der Waals surface area contributed by atoms with Crippen LogP contribution in [-0.4, -0.2) is 42.1 Å². The summed E-state index contributed by atoms with van der Waals surface area (Å²) in [6.45, 7) is 1.69. The van der Waals surface area contributed by atoms with Crippen molar-refractivity contribution < 1.29 is 0 Å². The number of rotatable bonds is 5. The SMILES string of the molecule is CN(C)CCNc1nc(Cl)cc(-c2ccccc2)n1. The van der Waals surface area contributed by atoms with E-state index in [4.69, 9.17) is 11.6 Å². The number of hydrogen-bond donors (Lipinski definition) is 1. The van der Waals surface area contributed by atoms with Gasteiger partial charge in [-0.2, -0.15) is 0 Å². The van der Waals surface area contributed by atoms with Crippen molar-refractivity contribution in [1.82, 2.24) is 14.9 Å². The zero-order valence-electron chi connectivity index (χ0n) is 11.1. The van der Waals surface area contributed by atoms with Crippen LogP contribution < -0.4 is 5.32 Å². The van der Waals surface area contributed by atoms with Gasteiger partial charge in [0.25, 0.3) is 0 Å². The average molecular weight is 277 g/mol. The maximum absolute atomic E-state index is 6.04. The van der Waals surface area contributed by atoms with Gasteiger partial charge in [-0.3, -0.25) is 0 Å². The molecule has 1 N–H and O–H groups in total. The molecule has 1 aromatic heterocycles. The molecule has 0 bridgehead atoms. The zero-order chi connectivity index (χ0) is 13.7. The first-order chi connectivity index (χ1) is 9.15. The molecule has 0 amide bonds. The average Bonchev–Trinajstić information content (AvgIpc) is 2.39. The van der Waals surface area contributed by atoms with Gasteiger partial charge in [0.15, 0.2) is 0 Å². The molecule has 0 saturated heterocycles. The lowest BCUT2D eigenvalue weighted by Crippen LogP contribution is -2.21. The number of benzene rings is 1. The molecule has 1 heterocycles. The highest BCUT2D eigenvalue weighted by Gasteiger charge is 2.05. The Kier molecular flexibility index (Phi) is 4.71. The lowest BCUT2D eigenvalue weighted by atomic mass is 10.1. The molecule has 2 rings (SSSR count). The minimum atomic E-state index is 0.446. The molecule has 19 heavy (non-hydrogen) atoms. The fourth-order valence-corrected chi connectivity index (χ4v) is 1.83. The summed E-state index contributed by atoms with van der Waals surface area (Å²) in [5.41, 5.74) is 1.86. The van der Waals surface area contributed by atoms with Crippen LogP contribution in [0.1, 0.15) is 0 Å². The largest absolute Gasteiger partial charge is 0.353 e. The standard InChI is InChI=1S/C14H17ClN4/c1-19(2)9-8-16-14-17-12(10-13(15)18-14)11-6-4-3-5-7-11/h3-7,10H,8-9H2,1-2H3,(H,16,17,18). The van der Waals surface area contributed by atoms with Gasteiger partial charge in [0, 0.05) is 24.7 Å². The number of aromatic nitrogens is 2. The van der Waals surface area contributed by atoms with Crippen LogP contribution in [0.5, 0.6) is 0 Å². The second kappa shape index (κ2) is 6.50. The van der Waals surface area contributed by atoms with Crippen molar-refractivity contribution in [3.05, 3.63) is 41.6 Å². The van der Waals surface area contributed by atoms with Crippen LogP contribution in [0.25, 0.3) is 11.3 Å². The van der Waals surface area contributed by atoms with E-state index in [9.17, 15) is 0 Å². The van der Waals surface area contributed by atoms with E-state index in [0.29, 0.717) is 11.1 Å². The predicted molar refractivity (Wildman–Crippen MR) is 79.5 cm³/mol. The van der Waals surface area contributed by atoms with Gasteiger partial charge in [-0.15, -0.1) is 0 Å². The van der Waals surface area contributed by atoms with E-state index >= 15 is 0 Å². The van der Waals surface area contributed by atoms with Crippen molar-refractivity contribution in [2.75, 3.05) is 32.5 Å². The van der Waals surface area contributed by atoms with Crippen LogP contribution in [0.4, 0.5) is 5.95 Å². The summed E-state index contributed by atoms with van der Waals surface area (Å²) in [5.74, 6) is 0.563. The lowest BCUT2D eigenvalue weighted by Gasteiger charge is -2.11. The van der Waals surface area contributed by atoms with Gasteiger partial charge in [-0.25, -0.2) is 9.97 Å². The summed E-state index contributed by atoms with van der Waals surface area (Å²) >= 11 is 6.04. The first-order valence-electron chi connectivity index (χ1n) is 6.14. The molecular weight excluding hydrogens is 260 g/mol. The van der Waals surface area contributed by atoms with E-state index in [2.05, 4.69) is 20.2 Å². The van der Waals surface area contributed by atoms with Crippen LogP contribution >= 0.6 is 11.6 Å². The first-order valence-corrected chi connectivity index (χ1v) is 6.51. The molecule has 5 heteroatoms. The normalized spacial score (nSPS) is 10.7. The fraction of sp³-hybridized carbons (Fsp3) is 0.286. The Morgan fingerprint density at radius 2 is 1.89 bits per heavy atom. The third kappa shape index (κ3) is 4.19. The van der Waals surface area contributed by atoms with Crippen molar-refractivity contribution >= 4 is 17.5 Å². The Morgan fingerprint density at radius 3 is 2.58 bits per heavy atom. The topological polar surface area (TPSA) is 41.0 Å². The molecule has 0 aliphatic heterocycles. The summed E-state index contributed by atoms with van der Waals surface area (Å²) in [4.78, 5) is 10.7. The lowest BCUT2D eigenvalue weighted by molar-refractivity contribution is 0.425. The molecule has 0 fully saturated rings. The zero-order valence-corrected chi connectivity index (χ0v) is 11.9. The molecule has 0 aliphatic rings. The summed E-state index contributed by atoms with van der Waals surface area (Å²) in [5, 5.41) is 3.62. The number of likely N-dealkylation sites (N-methyl/N-ethyl adjacent to an activating group) is 1. The van der Waals surface area contributed by atoms with Gasteiger partial charge in [0.05, 0.1) is 5.69 Å². The predicted octanol–water partition coefficient (Wildman–Crippen LogP) is 2.77. The summed E-state index contributed by atoms with van der Waals surface area (Å²) in [6.07, 6.45) is 0. The molecule has 0 radical (unpaired) electrons. The highest BCUT2D eigenvalue weighted by molar-refractivity contribution is 6.29. The van der Waals surface area contributed by atoms with Crippen LogP contribution in [0, 0.1) is 0 Å². The number of hydrogen-bond acceptors (Lipinski definition) is 4. The van der Waals surface area contributed by atoms with Crippen LogP contribution in [-0.2, 0) is 0 Å². The van der Waals surface area contributed by atoms with E-state index < -0.39 is 0 Å². The van der Waals surface area contributed by atoms with Gasteiger partial charge in [-0.1, -0.05) is 41.9 Å². The number of nitrogens with one attached hydrogen (secondary N) is 1. The van der Waals surface area contributed by atoms with Crippen LogP contribution in [0.15, 0.2) is 36.4 Å². The Morgan fingerprint density at radius 1 is 1.16 bits per heavy atom. The second-order valence-electron chi connectivity index (χ2n) is 4.50. The third-order valence-corrected chi connectivity index (χ3v) is 2.80. The molecule has 100 valence electrons. The molecule has 0 unspecified atom stereocenters. The fourth-order valence-electron chi connectivity index (χ4n) is 1.64. The highest BCUT2D eigenvalue weighted by atomic mass is 35.5. The van der Waals surface area contributed by atoms with Crippen molar-refractivity contribution in [3.8, 4) is 11.3 Å². The second-order valence-corrected chi connectivity index (χ2v) is 4.88. The molecule has 0 spiro atoms. The van der Waals surface area contributed by atoms with E-state index in [-0.39, 0.29) is 0 Å². The minimum absolute atomic E-state index is 0.446. The van der Waals surface area contributed by atoms with Crippen molar-refractivity contribution in [3.63, 3.8) is 0 Å². The molecule has 2 aromatic rings. The van der Waals surface area contributed by atoms with Crippen LogP contribution in [0.3, 0.4) is 0 Å². The van der Waals surface area contributed by atoms with Gasteiger partial charge in [0.1, 0.15) is 5.15 Å².